The second kappa shape index (κ2) is 6.58. The molecule has 0 radical (unpaired) electrons. The van der Waals surface area contributed by atoms with Crippen molar-refractivity contribution in [1.29, 1.82) is 0 Å². The number of aliphatic hydroxyl groups excluding tert-OH is 1. The van der Waals surface area contributed by atoms with E-state index in [1.54, 1.807) is 0 Å². The van der Waals surface area contributed by atoms with E-state index in [-0.39, 0.29) is 6.61 Å². The van der Waals surface area contributed by atoms with E-state index in [0.29, 0.717) is 12.6 Å². The third-order valence-corrected chi connectivity index (χ3v) is 4.65. The van der Waals surface area contributed by atoms with Crippen LogP contribution >= 0.6 is 0 Å². The molecule has 1 heterocycles. The number of imidazole rings is 1. The molecule has 1 aromatic heterocycles. The van der Waals surface area contributed by atoms with Gasteiger partial charge < -0.3 is 9.67 Å². The number of para-hydroxylation sites is 2. The van der Waals surface area contributed by atoms with Gasteiger partial charge in [-0.1, -0.05) is 31.4 Å². The molecule has 1 N–H and O–H groups in total. The maximum Gasteiger partial charge on any atom is 0.124 e. The average Bonchev–Trinajstić information content (AvgIpc) is 2.86. The largest absolute Gasteiger partial charge is 0.395 e. The molecule has 0 aliphatic heterocycles. The van der Waals surface area contributed by atoms with Crippen LogP contribution in [-0.2, 0) is 13.1 Å². The Balaban J connectivity index is 1.83. The van der Waals surface area contributed by atoms with Crippen LogP contribution < -0.4 is 0 Å². The van der Waals surface area contributed by atoms with Gasteiger partial charge in [-0.15, -0.1) is 0 Å². The monoisotopic (exact) mass is 287 g/mol. The van der Waals surface area contributed by atoms with E-state index in [2.05, 4.69) is 22.6 Å². The number of nitrogens with zero attached hydrogens (tertiary/aromatic N) is 3. The molecule has 114 valence electrons. The van der Waals surface area contributed by atoms with Crippen LogP contribution in [0.1, 0.15) is 37.9 Å². The van der Waals surface area contributed by atoms with Gasteiger partial charge in [-0.3, -0.25) is 4.90 Å². The number of hydrogen-bond donors (Lipinski definition) is 1. The van der Waals surface area contributed by atoms with E-state index in [9.17, 15) is 5.11 Å². The summed E-state index contributed by atoms with van der Waals surface area (Å²) in [4.78, 5) is 7.22. The number of aliphatic hydroxyl groups is 1. The maximum atomic E-state index is 9.34. The van der Waals surface area contributed by atoms with Gasteiger partial charge in [-0.25, -0.2) is 4.98 Å². The third-order valence-electron chi connectivity index (χ3n) is 4.65. The van der Waals surface area contributed by atoms with Gasteiger partial charge in [0.2, 0.25) is 0 Å². The number of rotatable bonds is 5. The van der Waals surface area contributed by atoms with Crippen molar-refractivity contribution in [3.63, 3.8) is 0 Å². The van der Waals surface area contributed by atoms with Gasteiger partial charge in [0.05, 0.1) is 24.2 Å². The normalized spacial score (nSPS) is 16.9. The Morgan fingerprint density at radius 1 is 1.24 bits per heavy atom. The van der Waals surface area contributed by atoms with Crippen molar-refractivity contribution in [2.45, 2.75) is 51.2 Å². The molecule has 1 saturated carbocycles. The fourth-order valence-electron chi connectivity index (χ4n) is 3.47. The smallest absolute Gasteiger partial charge is 0.124 e. The van der Waals surface area contributed by atoms with Crippen molar-refractivity contribution in [3.05, 3.63) is 30.1 Å². The van der Waals surface area contributed by atoms with Crippen molar-refractivity contribution in [2.24, 2.45) is 0 Å². The first-order chi connectivity index (χ1) is 10.3. The molecule has 1 aromatic carbocycles. The predicted octanol–water partition coefficient (Wildman–Crippen LogP) is 2.79. The van der Waals surface area contributed by atoms with Crippen LogP contribution in [0.3, 0.4) is 0 Å². The lowest BCUT2D eigenvalue weighted by molar-refractivity contribution is 0.177. The zero-order valence-electron chi connectivity index (χ0n) is 12.8. The van der Waals surface area contributed by atoms with E-state index in [4.69, 9.17) is 4.98 Å². The summed E-state index contributed by atoms with van der Waals surface area (Å²) in [5.74, 6) is 1.07. The second-order valence-electron chi connectivity index (χ2n) is 6.10. The lowest BCUT2D eigenvalue weighted by Crippen LogP contribution is -2.33. The lowest BCUT2D eigenvalue weighted by Gasteiger charge is -2.31. The van der Waals surface area contributed by atoms with Crippen molar-refractivity contribution < 1.29 is 5.11 Å². The molecule has 1 aliphatic rings. The highest BCUT2D eigenvalue weighted by atomic mass is 16.3. The molecule has 21 heavy (non-hydrogen) atoms. The molecule has 0 bridgehead atoms. The first-order valence-electron chi connectivity index (χ1n) is 8.05. The first kappa shape index (κ1) is 14.5. The Morgan fingerprint density at radius 2 is 2.00 bits per heavy atom. The molecule has 0 saturated heterocycles. The summed E-state index contributed by atoms with van der Waals surface area (Å²) >= 11 is 0. The Bertz CT molecular complexity index is 587. The highest BCUT2D eigenvalue weighted by Crippen LogP contribution is 2.24. The molecule has 0 unspecified atom stereocenters. The van der Waals surface area contributed by atoms with Crippen LogP contribution in [0, 0.1) is 0 Å². The van der Waals surface area contributed by atoms with Crippen LogP contribution in [0.25, 0.3) is 11.0 Å². The molecule has 0 atom stereocenters. The molecule has 4 heteroatoms. The van der Waals surface area contributed by atoms with Gasteiger partial charge in [-0.05, 0) is 32.0 Å². The minimum absolute atomic E-state index is 0.153. The zero-order chi connectivity index (χ0) is 14.7. The number of benzene rings is 1. The molecule has 4 nitrogen and oxygen atoms in total. The summed E-state index contributed by atoms with van der Waals surface area (Å²) in [7, 11) is 2.21. The van der Waals surface area contributed by atoms with Gasteiger partial charge in [0.1, 0.15) is 5.82 Å². The van der Waals surface area contributed by atoms with Crippen molar-refractivity contribution in [2.75, 3.05) is 13.7 Å². The lowest BCUT2D eigenvalue weighted by atomic mass is 9.94. The van der Waals surface area contributed by atoms with Gasteiger partial charge in [0, 0.05) is 12.6 Å². The standard InChI is InChI=1S/C17H25N3O/c1-19(14-7-3-2-4-8-14)13-17-18-15-9-5-6-10-16(15)20(17)11-12-21/h5-6,9-10,14,21H,2-4,7-8,11-13H2,1H3. The van der Waals surface area contributed by atoms with Crippen LogP contribution in [0.2, 0.25) is 0 Å². The fraction of sp³-hybridized carbons (Fsp3) is 0.588. The van der Waals surface area contributed by atoms with E-state index >= 15 is 0 Å². The molecular weight excluding hydrogens is 262 g/mol. The summed E-state index contributed by atoms with van der Waals surface area (Å²) in [6.07, 6.45) is 6.69. The highest BCUT2D eigenvalue weighted by molar-refractivity contribution is 5.75. The molecule has 1 fully saturated rings. The number of fused-ring (bicyclic) bond motifs is 1. The Morgan fingerprint density at radius 3 is 2.76 bits per heavy atom. The molecular formula is C17H25N3O. The van der Waals surface area contributed by atoms with Crippen molar-refractivity contribution in [1.82, 2.24) is 14.5 Å². The zero-order valence-corrected chi connectivity index (χ0v) is 12.8. The maximum absolute atomic E-state index is 9.34. The van der Waals surface area contributed by atoms with E-state index < -0.39 is 0 Å². The minimum Gasteiger partial charge on any atom is -0.395 e. The first-order valence-corrected chi connectivity index (χ1v) is 8.05. The van der Waals surface area contributed by atoms with E-state index in [1.807, 2.05) is 18.2 Å². The van der Waals surface area contributed by atoms with Gasteiger partial charge in [-0.2, -0.15) is 0 Å². The second-order valence-corrected chi connectivity index (χ2v) is 6.10. The Kier molecular flexibility index (Phi) is 4.56. The topological polar surface area (TPSA) is 41.3 Å². The van der Waals surface area contributed by atoms with Crippen LogP contribution in [0.5, 0.6) is 0 Å². The number of aromatic nitrogens is 2. The summed E-state index contributed by atoms with van der Waals surface area (Å²) in [5, 5.41) is 9.34. The molecule has 1 aliphatic carbocycles. The van der Waals surface area contributed by atoms with Gasteiger partial charge in [0.15, 0.2) is 0 Å². The number of hydrogen-bond acceptors (Lipinski definition) is 3. The van der Waals surface area contributed by atoms with Crippen LogP contribution in [0.4, 0.5) is 0 Å². The molecule has 3 rings (SSSR count). The van der Waals surface area contributed by atoms with Gasteiger partial charge in [0.25, 0.3) is 0 Å². The van der Waals surface area contributed by atoms with E-state index in [0.717, 1.165) is 23.4 Å². The predicted molar refractivity (Wildman–Crippen MR) is 85.2 cm³/mol. The van der Waals surface area contributed by atoms with Gasteiger partial charge >= 0.3 is 0 Å². The van der Waals surface area contributed by atoms with Crippen molar-refractivity contribution >= 4 is 11.0 Å². The summed E-state index contributed by atoms with van der Waals surface area (Å²) in [6.45, 7) is 1.63. The summed E-state index contributed by atoms with van der Waals surface area (Å²) in [5.41, 5.74) is 2.15. The quantitative estimate of drug-likeness (QED) is 0.919. The molecule has 2 aromatic rings. The minimum atomic E-state index is 0.153. The third kappa shape index (κ3) is 3.11. The summed E-state index contributed by atoms with van der Waals surface area (Å²) < 4.78 is 2.16. The highest BCUT2D eigenvalue weighted by Gasteiger charge is 2.20. The average molecular weight is 287 g/mol. The molecule has 0 amide bonds. The molecule has 0 spiro atoms. The van der Waals surface area contributed by atoms with Crippen LogP contribution in [-0.4, -0.2) is 39.3 Å². The Hall–Kier alpha value is -1.39. The van der Waals surface area contributed by atoms with E-state index in [1.165, 1.54) is 32.1 Å². The SMILES string of the molecule is CN(Cc1nc2ccccc2n1CCO)C1CCCCC1. The van der Waals surface area contributed by atoms with Crippen molar-refractivity contribution in [3.8, 4) is 0 Å². The fourth-order valence-corrected chi connectivity index (χ4v) is 3.47. The summed E-state index contributed by atoms with van der Waals surface area (Å²) in [6, 6.07) is 8.87. The Labute approximate surface area is 126 Å². The van der Waals surface area contributed by atoms with Crippen LogP contribution in [0.15, 0.2) is 24.3 Å².